The first-order valence-corrected chi connectivity index (χ1v) is 5.06. The molecule has 0 heterocycles. The molecule has 0 aliphatic rings. The number of hydrogen-bond donors (Lipinski definition) is 2. The van der Waals surface area contributed by atoms with Gasteiger partial charge in [0.25, 0.3) is 0 Å². The predicted molar refractivity (Wildman–Crippen MR) is 54.4 cm³/mol. The number of carboxylic acid groups (broad SMARTS) is 2. The number of aliphatic carboxylic acids is 2. The van der Waals surface area contributed by atoms with Gasteiger partial charge in [0.1, 0.15) is 0 Å². The van der Waals surface area contributed by atoms with Crippen molar-refractivity contribution in [1.29, 1.82) is 0 Å². The summed E-state index contributed by atoms with van der Waals surface area (Å²) in [6.45, 7) is 0. The van der Waals surface area contributed by atoms with Crippen LogP contribution < -0.4 is 59.1 Å². The van der Waals surface area contributed by atoms with Crippen molar-refractivity contribution in [3.8, 4) is 0 Å². The molecule has 4 nitrogen and oxygen atoms in total. The van der Waals surface area contributed by atoms with E-state index in [2.05, 4.69) is 0 Å². The molecule has 0 aliphatic heterocycles. The fraction of sp³-hybridized carbons (Fsp3) is 0.800. The van der Waals surface area contributed by atoms with E-state index < -0.39 is 11.9 Å². The molecule has 6 heteroatoms. The summed E-state index contributed by atoms with van der Waals surface area (Å²) in [5.74, 6) is -1.48. The van der Waals surface area contributed by atoms with Gasteiger partial charge in [-0.15, -0.1) is 0 Å². The van der Waals surface area contributed by atoms with Crippen molar-refractivity contribution in [3.05, 3.63) is 0 Å². The molecule has 2 N–H and O–H groups in total. The number of rotatable bonds is 9. The molecular weight excluding hydrogens is 230 g/mol. The summed E-state index contributed by atoms with van der Waals surface area (Å²) in [6, 6.07) is 0. The molecule has 86 valence electrons. The Bertz CT molecular complexity index is 175. The SMILES string of the molecule is O=C(O)CCCCCCCCC(=O)O.[H-].[H-].[Na+].[Na+]. The van der Waals surface area contributed by atoms with Gasteiger partial charge in [-0.05, 0) is 12.8 Å². The molecule has 0 saturated heterocycles. The summed E-state index contributed by atoms with van der Waals surface area (Å²) in [6.07, 6.45) is 5.82. The van der Waals surface area contributed by atoms with Crippen LogP contribution in [0.3, 0.4) is 0 Å². The minimum Gasteiger partial charge on any atom is -1.00 e. The molecule has 0 aromatic carbocycles. The van der Waals surface area contributed by atoms with Gasteiger partial charge in [0.15, 0.2) is 0 Å². The van der Waals surface area contributed by atoms with Crippen LogP contribution in [0.5, 0.6) is 0 Å². The van der Waals surface area contributed by atoms with Gasteiger partial charge in [-0.2, -0.15) is 0 Å². The normalized spacial score (nSPS) is 8.75. The van der Waals surface area contributed by atoms with E-state index >= 15 is 0 Å². The van der Waals surface area contributed by atoms with Crippen molar-refractivity contribution in [2.45, 2.75) is 51.4 Å². The third kappa shape index (κ3) is 20.4. The monoisotopic (exact) mass is 250 g/mol. The fourth-order valence-corrected chi connectivity index (χ4v) is 1.26. The van der Waals surface area contributed by atoms with Crippen LogP contribution in [0.25, 0.3) is 0 Å². The van der Waals surface area contributed by atoms with Crippen molar-refractivity contribution < 1.29 is 81.8 Å². The third-order valence-electron chi connectivity index (χ3n) is 2.03. The minimum absolute atomic E-state index is 0. The van der Waals surface area contributed by atoms with Crippen molar-refractivity contribution in [1.82, 2.24) is 0 Å². The van der Waals surface area contributed by atoms with Gasteiger partial charge in [-0.3, -0.25) is 9.59 Å². The summed E-state index contributed by atoms with van der Waals surface area (Å²) in [7, 11) is 0. The van der Waals surface area contributed by atoms with E-state index in [4.69, 9.17) is 10.2 Å². The third-order valence-corrected chi connectivity index (χ3v) is 2.03. The summed E-state index contributed by atoms with van der Waals surface area (Å²) in [5.41, 5.74) is 0. The minimum atomic E-state index is -0.740. The second kappa shape index (κ2) is 15.9. The van der Waals surface area contributed by atoms with E-state index in [1.54, 1.807) is 0 Å². The number of carbonyl (C=O) groups is 2. The van der Waals surface area contributed by atoms with Gasteiger partial charge in [-0.1, -0.05) is 25.7 Å². The molecule has 0 unspecified atom stereocenters. The Morgan fingerprint density at radius 2 is 0.938 bits per heavy atom. The zero-order valence-electron chi connectivity index (χ0n) is 12.4. The topological polar surface area (TPSA) is 74.6 Å². The van der Waals surface area contributed by atoms with Crippen molar-refractivity contribution in [3.63, 3.8) is 0 Å². The van der Waals surface area contributed by atoms with Gasteiger partial charge >= 0.3 is 71.1 Å². The molecule has 0 radical (unpaired) electrons. The summed E-state index contributed by atoms with van der Waals surface area (Å²) in [4.78, 5) is 20.3. The smallest absolute Gasteiger partial charge is 1.00 e. The van der Waals surface area contributed by atoms with E-state index in [1.807, 2.05) is 0 Å². The summed E-state index contributed by atoms with van der Waals surface area (Å²) in [5, 5.41) is 16.7. The standard InChI is InChI=1S/C10H18O4.2Na.2H/c11-9(12)7-5-3-1-2-4-6-8-10(13)14;;;;/h1-8H2,(H,11,12)(H,13,14);;;;/q;2*+1;2*-1. The Hall–Kier alpha value is 0.940. The summed E-state index contributed by atoms with van der Waals surface area (Å²) >= 11 is 0. The molecule has 0 saturated carbocycles. The average molecular weight is 250 g/mol. The van der Waals surface area contributed by atoms with E-state index in [9.17, 15) is 9.59 Å². The molecule has 0 fully saturated rings. The van der Waals surface area contributed by atoms with Gasteiger partial charge in [0.05, 0.1) is 0 Å². The fourth-order valence-electron chi connectivity index (χ4n) is 1.26. The molecule has 16 heavy (non-hydrogen) atoms. The van der Waals surface area contributed by atoms with Gasteiger partial charge in [0, 0.05) is 12.8 Å². The molecule has 0 aromatic heterocycles. The number of hydrogen-bond acceptors (Lipinski definition) is 2. The van der Waals surface area contributed by atoms with Crippen LogP contribution in [0.15, 0.2) is 0 Å². The largest absolute Gasteiger partial charge is 1.00 e. The number of carboxylic acids is 2. The molecule has 0 amide bonds. The zero-order chi connectivity index (χ0) is 10.8. The molecule has 0 atom stereocenters. The summed E-state index contributed by atoms with van der Waals surface area (Å²) < 4.78 is 0. The Labute approximate surface area is 144 Å². The molecule has 0 aromatic rings. The second-order valence-electron chi connectivity index (χ2n) is 3.41. The van der Waals surface area contributed by atoms with E-state index in [0.717, 1.165) is 38.5 Å². The molecule has 0 bridgehead atoms. The maximum absolute atomic E-state index is 10.1. The van der Waals surface area contributed by atoms with Crippen LogP contribution in [0, 0.1) is 0 Å². The zero-order valence-corrected chi connectivity index (χ0v) is 14.4. The van der Waals surface area contributed by atoms with Crippen LogP contribution in [0.4, 0.5) is 0 Å². The van der Waals surface area contributed by atoms with Crippen LogP contribution in [-0.4, -0.2) is 22.2 Å². The van der Waals surface area contributed by atoms with Crippen LogP contribution in [-0.2, 0) is 9.59 Å². The van der Waals surface area contributed by atoms with Crippen molar-refractivity contribution >= 4 is 11.9 Å². The molecule has 0 aliphatic carbocycles. The first-order valence-electron chi connectivity index (χ1n) is 5.06. The predicted octanol–water partition coefficient (Wildman–Crippen LogP) is -3.49. The van der Waals surface area contributed by atoms with Gasteiger partial charge in [0.2, 0.25) is 0 Å². The van der Waals surface area contributed by atoms with Crippen molar-refractivity contribution in [2.24, 2.45) is 0 Å². The quantitative estimate of drug-likeness (QED) is 0.329. The van der Waals surface area contributed by atoms with Crippen molar-refractivity contribution in [2.75, 3.05) is 0 Å². The molecule has 0 spiro atoms. The Morgan fingerprint density at radius 1 is 0.688 bits per heavy atom. The van der Waals surface area contributed by atoms with Gasteiger partial charge < -0.3 is 13.1 Å². The van der Waals surface area contributed by atoms with Crippen LogP contribution in [0.1, 0.15) is 54.2 Å². The molecule has 0 rings (SSSR count). The maximum Gasteiger partial charge on any atom is 1.00 e. The number of unbranched alkanes of at least 4 members (excludes halogenated alkanes) is 5. The Balaban J connectivity index is -0.000000141. The first-order chi connectivity index (χ1) is 6.63. The van der Waals surface area contributed by atoms with Gasteiger partial charge in [-0.25, -0.2) is 0 Å². The van der Waals surface area contributed by atoms with E-state index in [0.29, 0.717) is 0 Å². The van der Waals surface area contributed by atoms with E-state index in [-0.39, 0.29) is 74.8 Å². The van der Waals surface area contributed by atoms with Crippen LogP contribution >= 0.6 is 0 Å². The first kappa shape index (κ1) is 22.1. The average Bonchev–Trinajstić information content (AvgIpc) is 2.08. The Morgan fingerprint density at radius 3 is 1.19 bits per heavy atom. The second-order valence-corrected chi connectivity index (χ2v) is 3.41. The maximum atomic E-state index is 10.1. The Kier molecular flexibility index (Phi) is 22.1. The molecular formula is C10H20Na2O4. The van der Waals surface area contributed by atoms with E-state index in [1.165, 1.54) is 0 Å². The van der Waals surface area contributed by atoms with Crippen LogP contribution in [0.2, 0.25) is 0 Å².